The second kappa shape index (κ2) is 10.9. The molecular weight excluding hydrogens is 635 g/mol. The van der Waals surface area contributed by atoms with Gasteiger partial charge in [0.25, 0.3) is 0 Å². The molecule has 0 aromatic heterocycles. The van der Waals surface area contributed by atoms with Gasteiger partial charge in [-0.15, -0.1) is 0 Å². The van der Waals surface area contributed by atoms with Crippen molar-refractivity contribution in [1.29, 1.82) is 0 Å². The largest absolute Gasteiger partial charge is 1.00 e. The third-order valence-corrected chi connectivity index (χ3v) is 31.5. The zero-order valence-corrected chi connectivity index (χ0v) is 31.4. The van der Waals surface area contributed by atoms with Crippen molar-refractivity contribution in [2.45, 2.75) is 93.3 Å². The van der Waals surface area contributed by atoms with Crippen molar-refractivity contribution in [3.8, 4) is 0 Å². The van der Waals surface area contributed by atoms with Crippen LogP contribution in [0.5, 0.6) is 0 Å². The van der Waals surface area contributed by atoms with E-state index in [0.29, 0.717) is 7.25 Å². The van der Waals surface area contributed by atoms with E-state index in [1.165, 1.54) is 42.0 Å². The van der Waals surface area contributed by atoms with Gasteiger partial charge in [-0.2, -0.15) is 0 Å². The van der Waals surface area contributed by atoms with Gasteiger partial charge >= 0.3 is 234 Å². The summed E-state index contributed by atoms with van der Waals surface area (Å²) >= 11 is -2.88. The first kappa shape index (κ1) is 32.9. The maximum atomic E-state index is 7.22. The molecule has 0 bridgehead atoms. The summed E-state index contributed by atoms with van der Waals surface area (Å²) in [6.45, 7) is 23.7. The van der Waals surface area contributed by atoms with Gasteiger partial charge in [-0.1, -0.05) is 0 Å². The summed E-state index contributed by atoms with van der Waals surface area (Å²) in [6, 6.07) is 18.3. The smallest absolute Gasteiger partial charge is 1.00 e. The van der Waals surface area contributed by atoms with Crippen LogP contribution in [0.1, 0.15) is 71.0 Å². The van der Waals surface area contributed by atoms with E-state index in [9.17, 15) is 0 Å². The molecule has 0 spiro atoms. The molecule has 2 aromatic rings. The number of hydrogen-bond donors (Lipinski definition) is 0. The van der Waals surface area contributed by atoms with Gasteiger partial charge < -0.3 is 24.8 Å². The van der Waals surface area contributed by atoms with Crippen LogP contribution >= 0.6 is 0 Å². The van der Waals surface area contributed by atoms with Gasteiger partial charge in [-0.25, -0.2) is 0 Å². The van der Waals surface area contributed by atoms with Crippen LogP contribution in [0.25, 0.3) is 12.2 Å². The summed E-state index contributed by atoms with van der Waals surface area (Å²) in [5.41, 5.74) is 5.82. The predicted molar refractivity (Wildman–Crippen MR) is 160 cm³/mol. The van der Waals surface area contributed by atoms with Crippen molar-refractivity contribution in [2.24, 2.45) is 0 Å². The number of rotatable bonds is 6. The summed E-state index contributed by atoms with van der Waals surface area (Å²) in [7, 11) is -3.93. The van der Waals surface area contributed by atoms with Gasteiger partial charge in [0.15, 0.2) is 0 Å². The van der Waals surface area contributed by atoms with Gasteiger partial charge in [0, 0.05) is 0 Å². The minimum Gasteiger partial charge on any atom is -1.00 e. The van der Waals surface area contributed by atoms with Crippen molar-refractivity contribution in [3.05, 3.63) is 82.3 Å². The number of fused-ring (bicyclic) bond motifs is 2. The Kier molecular flexibility index (Phi) is 9.22. The Morgan fingerprint density at radius 1 is 0.615 bits per heavy atom. The molecule has 0 N–H and O–H groups in total. The van der Waals surface area contributed by atoms with Crippen LogP contribution < -0.4 is 24.8 Å². The average Bonchev–Trinajstić information content (AvgIpc) is 3.33. The van der Waals surface area contributed by atoms with Crippen molar-refractivity contribution < 1.29 is 53.9 Å². The molecule has 2 unspecified atom stereocenters. The van der Waals surface area contributed by atoms with Crippen LogP contribution in [0.15, 0.2) is 60.0 Å². The van der Waals surface area contributed by atoms with Crippen LogP contribution in [0.3, 0.4) is 0 Å². The molecule has 2 aliphatic carbocycles. The van der Waals surface area contributed by atoms with E-state index in [1.54, 1.807) is 0 Å². The maximum Gasteiger partial charge on any atom is -1.00 e. The number of hydrogen-bond acceptors (Lipinski definition) is 2. The Balaban J connectivity index is 0.00000210. The van der Waals surface area contributed by atoms with E-state index < -0.39 is 36.9 Å². The van der Waals surface area contributed by atoms with Crippen molar-refractivity contribution in [3.63, 3.8) is 0 Å². The third kappa shape index (κ3) is 5.74. The molecule has 39 heavy (non-hydrogen) atoms. The molecule has 1 heterocycles. The van der Waals surface area contributed by atoms with Gasteiger partial charge in [0.05, 0.1) is 0 Å². The molecule has 1 aliphatic heterocycles. The molecule has 2 aromatic carbocycles. The Labute approximate surface area is 256 Å². The Bertz CT molecular complexity index is 1190. The first-order valence-electron chi connectivity index (χ1n) is 14.1. The van der Waals surface area contributed by atoms with Crippen LogP contribution in [0.2, 0.25) is 44.5 Å². The zero-order chi connectivity index (χ0) is 27.0. The average molecular weight is 681 g/mol. The van der Waals surface area contributed by atoms with Gasteiger partial charge in [-0.3, -0.25) is 0 Å². The van der Waals surface area contributed by atoms with E-state index >= 15 is 0 Å². The first-order valence-corrected chi connectivity index (χ1v) is 26.2. The maximum absolute atomic E-state index is 7.22. The quantitative estimate of drug-likeness (QED) is 0.426. The molecule has 1 fully saturated rings. The normalized spacial score (nSPS) is 20.7. The second-order valence-electron chi connectivity index (χ2n) is 14.7. The number of benzene rings is 2. The van der Waals surface area contributed by atoms with Crippen LogP contribution in [-0.2, 0) is 29.1 Å². The van der Waals surface area contributed by atoms with Crippen LogP contribution in [0.4, 0.5) is 0 Å². The SMILES string of the molecule is CC(C)(C)[Si](C)(C)OC1=Cc2ccccc2[CH]1[Zr+2]1([CH]2C(O[Si](C)(C)C(C)(C)C)=Cc3ccccc32)[CH2][CH2]1.[Cl-].[Cl-]. The topological polar surface area (TPSA) is 18.5 Å². The monoisotopic (exact) mass is 678 g/mol. The molecule has 212 valence electrons. The number of allylic oxidation sites excluding steroid dienone is 2. The van der Waals surface area contributed by atoms with E-state index in [0.717, 1.165) is 0 Å². The molecule has 7 heteroatoms. The molecule has 2 atom stereocenters. The minimum atomic E-state index is -2.88. The summed E-state index contributed by atoms with van der Waals surface area (Å²) in [5, 5.41) is 0.353. The molecule has 0 radical (unpaired) electrons. The molecule has 2 nitrogen and oxygen atoms in total. The second-order valence-corrected chi connectivity index (χ2v) is 35.5. The van der Waals surface area contributed by atoms with Crippen molar-refractivity contribution in [1.82, 2.24) is 0 Å². The van der Waals surface area contributed by atoms with Crippen molar-refractivity contribution >= 4 is 28.8 Å². The molecular formula is C32H46Cl2O2Si2Zr. The Morgan fingerprint density at radius 3 is 1.26 bits per heavy atom. The van der Waals surface area contributed by atoms with E-state index in [4.69, 9.17) is 8.85 Å². The number of halogens is 2. The fourth-order valence-electron chi connectivity index (χ4n) is 5.74. The minimum absolute atomic E-state index is 0. The fraction of sp³-hybridized carbons (Fsp3) is 0.500. The zero-order valence-electron chi connectivity index (χ0n) is 25.4. The Hall–Kier alpha value is -0.583. The van der Waals surface area contributed by atoms with Gasteiger partial charge in [-0.05, 0) is 0 Å². The third-order valence-electron chi connectivity index (χ3n) is 10.1. The summed E-state index contributed by atoms with van der Waals surface area (Å²) < 4.78 is 18.2. The van der Waals surface area contributed by atoms with E-state index in [2.05, 4.69) is 128 Å². The van der Waals surface area contributed by atoms with Gasteiger partial charge in [0.1, 0.15) is 0 Å². The summed E-state index contributed by atoms with van der Waals surface area (Å²) in [6.07, 6.45) is 4.83. The summed E-state index contributed by atoms with van der Waals surface area (Å²) in [4.78, 5) is 0. The van der Waals surface area contributed by atoms with E-state index in [1.807, 2.05) is 0 Å². The first-order chi connectivity index (χ1) is 17.1. The molecule has 0 amide bonds. The summed E-state index contributed by atoms with van der Waals surface area (Å²) in [5.74, 6) is 2.58. The fourth-order valence-corrected chi connectivity index (χ4v) is 24.8. The van der Waals surface area contributed by atoms with Crippen LogP contribution in [-0.4, -0.2) is 16.6 Å². The molecule has 0 saturated carbocycles. The standard InChI is InChI=1S/2C15H21OSi.C2H4.2ClH.Zr/c2*1-15(2,3)17(4,5)16-14-10-12-8-6-7-9-13(12)11-14;1-2;;;/h2*6-11H,1-5H3;1-2H2;2*1H;/q;;;;;+2/p-2. The predicted octanol–water partition coefficient (Wildman–Crippen LogP) is 4.23. The Morgan fingerprint density at radius 2 is 0.949 bits per heavy atom. The molecule has 3 aliphatic rings. The molecule has 1 saturated heterocycles. The van der Waals surface area contributed by atoms with Gasteiger partial charge in [0.2, 0.25) is 0 Å². The van der Waals surface area contributed by atoms with Crippen molar-refractivity contribution in [2.75, 3.05) is 0 Å². The molecule has 5 rings (SSSR count). The van der Waals surface area contributed by atoms with Crippen LogP contribution in [0, 0.1) is 0 Å². The van der Waals surface area contributed by atoms with E-state index in [-0.39, 0.29) is 34.9 Å².